The number of hydrogen-bond donors (Lipinski definition) is 2. The maximum absolute atomic E-state index is 11.8. The summed E-state index contributed by atoms with van der Waals surface area (Å²) in [6.07, 6.45) is 6.99. The first-order valence-corrected chi connectivity index (χ1v) is 7.55. The highest BCUT2D eigenvalue weighted by Gasteiger charge is 2.40. The monoisotopic (exact) mass is 357 g/mol. The molecule has 1 heterocycles. The Bertz CT molecular complexity index is 556. The number of halogens is 1. The Morgan fingerprint density at radius 1 is 1.33 bits per heavy atom. The van der Waals surface area contributed by atoms with Crippen LogP contribution in [-0.4, -0.2) is 26.5 Å². The molecule has 2 rings (SSSR count). The minimum Gasteiger partial charge on any atom is -0.480 e. The Kier molecular flexibility index (Phi) is 4.76. The largest absolute Gasteiger partial charge is 0.480 e. The van der Waals surface area contributed by atoms with E-state index in [1.165, 1.54) is 6.20 Å². The van der Waals surface area contributed by atoms with Gasteiger partial charge >= 0.3 is 11.7 Å². The summed E-state index contributed by atoms with van der Waals surface area (Å²) in [6, 6.07) is 0. The fourth-order valence-electron chi connectivity index (χ4n) is 2.65. The first-order valence-electron chi connectivity index (χ1n) is 6.76. The molecule has 0 atom stereocenters. The van der Waals surface area contributed by atoms with E-state index in [1.807, 2.05) is 0 Å². The van der Waals surface area contributed by atoms with Crippen LogP contribution in [-0.2, 0) is 4.79 Å². The fourth-order valence-corrected chi connectivity index (χ4v) is 3.07. The molecule has 21 heavy (non-hydrogen) atoms. The fraction of sp³-hybridized carbons (Fsp3) is 0.538. The molecule has 1 aliphatic rings. The molecule has 8 heteroatoms. The molecule has 1 saturated carbocycles. The number of carboxylic acids is 1. The highest BCUT2D eigenvalue weighted by molar-refractivity contribution is 9.10. The molecular formula is C13H16BrN3O4. The van der Waals surface area contributed by atoms with Gasteiger partial charge < -0.3 is 10.4 Å². The summed E-state index contributed by atoms with van der Waals surface area (Å²) in [5, 5.41) is 23.7. The molecule has 0 unspecified atom stereocenters. The lowest BCUT2D eigenvalue weighted by molar-refractivity contribution is -0.384. The van der Waals surface area contributed by atoms with E-state index >= 15 is 0 Å². The number of nitrogens with zero attached hydrogens (tertiary/aromatic N) is 2. The average Bonchev–Trinajstić information content (AvgIpc) is 2.67. The van der Waals surface area contributed by atoms with Crippen LogP contribution in [0.5, 0.6) is 0 Å². The van der Waals surface area contributed by atoms with Crippen LogP contribution in [0, 0.1) is 10.1 Å². The van der Waals surface area contributed by atoms with E-state index in [0.717, 1.165) is 31.9 Å². The third kappa shape index (κ3) is 3.31. The van der Waals surface area contributed by atoms with Crippen LogP contribution in [0.4, 0.5) is 11.4 Å². The summed E-state index contributed by atoms with van der Waals surface area (Å²) in [6.45, 7) is 0. The van der Waals surface area contributed by atoms with E-state index in [4.69, 9.17) is 0 Å². The Morgan fingerprint density at radius 2 is 1.95 bits per heavy atom. The Balaban J connectivity index is 2.42. The molecule has 1 aliphatic carbocycles. The lowest BCUT2D eigenvalue weighted by Gasteiger charge is -2.30. The van der Waals surface area contributed by atoms with Gasteiger partial charge in [-0.15, -0.1) is 0 Å². The topological polar surface area (TPSA) is 105 Å². The van der Waals surface area contributed by atoms with Gasteiger partial charge in [-0.1, -0.05) is 25.7 Å². The summed E-state index contributed by atoms with van der Waals surface area (Å²) in [5.41, 5.74) is -1.21. The van der Waals surface area contributed by atoms with E-state index in [-0.39, 0.29) is 11.4 Å². The van der Waals surface area contributed by atoms with Gasteiger partial charge in [-0.2, -0.15) is 0 Å². The maximum atomic E-state index is 11.8. The molecule has 0 bridgehead atoms. The third-order valence-electron chi connectivity index (χ3n) is 3.81. The molecule has 0 aromatic carbocycles. The molecule has 114 valence electrons. The predicted octanol–water partition coefficient (Wildman–Crippen LogP) is 3.34. The van der Waals surface area contributed by atoms with Crippen LogP contribution < -0.4 is 5.32 Å². The molecule has 0 radical (unpaired) electrons. The highest BCUT2D eigenvalue weighted by Crippen LogP contribution is 2.37. The van der Waals surface area contributed by atoms with E-state index in [1.54, 1.807) is 0 Å². The zero-order valence-corrected chi connectivity index (χ0v) is 12.9. The van der Waals surface area contributed by atoms with Crippen molar-refractivity contribution in [2.24, 2.45) is 0 Å². The standard InChI is InChI=1S/C13H16BrN3O4/c14-9-7-15-8-10(17(20)21)11(9)16-13(12(18)19)5-3-1-2-4-6-13/h7-8H,1-6H2,(H,15,16)(H,18,19). The second-order valence-corrected chi connectivity index (χ2v) is 6.05. The van der Waals surface area contributed by atoms with Crippen molar-refractivity contribution in [3.8, 4) is 0 Å². The van der Waals surface area contributed by atoms with Gasteiger partial charge in [-0.25, -0.2) is 4.79 Å². The summed E-state index contributed by atoms with van der Waals surface area (Å²) < 4.78 is 0.390. The molecule has 1 aromatic rings. The zero-order chi connectivity index (χ0) is 15.5. The minimum atomic E-state index is -1.16. The number of carboxylic acid groups (broad SMARTS) is 1. The number of hydrogen-bond acceptors (Lipinski definition) is 5. The van der Waals surface area contributed by atoms with E-state index in [0.29, 0.717) is 17.3 Å². The molecule has 2 N–H and O–H groups in total. The Morgan fingerprint density at radius 3 is 2.48 bits per heavy atom. The van der Waals surface area contributed by atoms with Crippen LogP contribution in [0.25, 0.3) is 0 Å². The van der Waals surface area contributed by atoms with Gasteiger partial charge in [0.2, 0.25) is 0 Å². The van der Waals surface area contributed by atoms with Gasteiger partial charge in [-0.3, -0.25) is 15.1 Å². The normalized spacial score (nSPS) is 17.8. The molecular weight excluding hydrogens is 342 g/mol. The predicted molar refractivity (Wildman–Crippen MR) is 80.3 cm³/mol. The third-order valence-corrected chi connectivity index (χ3v) is 4.41. The number of nitro groups is 1. The van der Waals surface area contributed by atoms with Crippen molar-refractivity contribution in [3.63, 3.8) is 0 Å². The number of rotatable bonds is 4. The zero-order valence-electron chi connectivity index (χ0n) is 11.3. The number of anilines is 1. The number of carbonyl (C=O) groups is 1. The number of aliphatic carboxylic acids is 1. The number of pyridine rings is 1. The molecule has 1 fully saturated rings. The summed E-state index contributed by atoms with van der Waals surface area (Å²) in [5.74, 6) is -0.970. The van der Waals surface area contributed by atoms with Gasteiger partial charge in [0.05, 0.1) is 9.40 Å². The molecule has 1 aromatic heterocycles. The summed E-state index contributed by atoms with van der Waals surface area (Å²) in [4.78, 5) is 26.1. The van der Waals surface area contributed by atoms with E-state index < -0.39 is 16.4 Å². The second kappa shape index (κ2) is 6.38. The van der Waals surface area contributed by atoms with Crippen LogP contribution in [0.1, 0.15) is 38.5 Å². The molecule has 0 amide bonds. The summed E-state index contributed by atoms with van der Waals surface area (Å²) >= 11 is 3.21. The van der Waals surface area contributed by atoms with Gasteiger partial charge in [0.1, 0.15) is 17.4 Å². The smallest absolute Gasteiger partial charge is 0.329 e. The van der Waals surface area contributed by atoms with Gasteiger partial charge in [-0.05, 0) is 28.8 Å². The first kappa shape index (κ1) is 15.7. The van der Waals surface area contributed by atoms with E-state index in [9.17, 15) is 20.0 Å². The van der Waals surface area contributed by atoms with Crippen molar-refractivity contribution in [2.45, 2.75) is 44.1 Å². The van der Waals surface area contributed by atoms with Crippen molar-refractivity contribution >= 4 is 33.3 Å². The molecule has 0 spiro atoms. The van der Waals surface area contributed by atoms with Crippen molar-refractivity contribution in [3.05, 3.63) is 27.0 Å². The lowest BCUT2D eigenvalue weighted by atomic mass is 9.90. The molecule has 0 aliphatic heterocycles. The first-order chi connectivity index (χ1) is 9.96. The van der Waals surface area contributed by atoms with Gasteiger partial charge in [0.25, 0.3) is 0 Å². The van der Waals surface area contributed by atoms with Gasteiger partial charge in [0.15, 0.2) is 0 Å². The SMILES string of the molecule is O=C(O)C1(Nc2c(Br)cncc2[N+](=O)[O-])CCCCCC1. The van der Waals surface area contributed by atoms with Crippen molar-refractivity contribution in [1.82, 2.24) is 4.98 Å². The van der Waals surface area contributed by atoms with Crippen molar-refractivity contribution in [1.29, 1.82) is 0 Å². The van der Waals surface area contributed by atoms with Crippen LogP contribution in [0.3, 0.4) is 0 Å². The Labute approximate surface area is 130 Å². The van der Waals surface area contributed by atoms with Crippen LogP contribution in [0.2, 0.25) is 0 Å². The second-order valence-electron chi connectivity index (χ2n) is 5.20. The highest BCUT2D eigenvalue weighted by atomic mass is 79.9. The van der Waals surface area contributed by atoms with Crippen LogP contribution >= 0.6 is 15.9 Å². The van der Waals surface area contributed by atoms with Crippen molar-refractivity contribution in [2.75, 3.05) is 5.32 Å². The molecule has 0 saturated heterocycles. The quantitative estimate of drug-likeness (QED) is 0.486. The maximum Gasteiger partial charge on any atom is 0.329 e. The van der Waals surface area contributed by atoms with Crippen LogP contribution in [0.15, 0.2) is 16.9 Å². The summed E-state index contributed by atoms with van der Waals surface area (Å²) in [7, 11) is 0. The number of nitrogens with one attached hydrogen (secondary N) is 1. The number of aromatic nitrogens is 1. The van der Waals surface area contributed by atoms with E-state index in [2.05, 4.69) is 26.2 Å². The average molecular weight is 358 g/mol. The Hall–Kier alpha value is -1.70. The molecule has 7 nitrogen and oxygen atoms in total. The lowest BCUT2D eigenvalue weighted by Crippen LogP contribution is -2.46. The minimum absolute atomic E-state index is 0.180. The van der Waals surface area contributed by atoms with Gasteiger partial charge in [0, 0.05) is 6.20 Å². The van der Waals surface area contributed by atoms with Crippen molar-refractivity contribution < 1.29 is 14.8 Å².